The summed E-state index contributed by atoms with van der Waals surface area (Å²) in [5.74, 6) is -0.353. The molecule has 0 amide bonds. The van der Waals surface area contributed by atoms with Gasteiger partial charge in [0.15, 0.2) is 0 Å². The van der Waals surface area contributed by atoms with Crippen LogP contribution in [0, 0.1) is 5.82 Å². The standard InChI is InChI=1S/C10H13FO2/c1-10(12,7-13-2)8-4-3-5-9(11)6-8/h3-6,12H,7H2,1-2H3. The lowest BCUT2D eigenvalue weighted by atomic mass is 9.97. The third-order valence-electron chi connectivity index (χ3n) is 1.87. The van der Waals surface area contributed by atoms with Crippen molar-refractivity contribution in [2.45, 2.75) is 12.5 Å². The molecule has 1 unspecified atom stereocenters. The van der Waals surface area contributed by atoms with E-state index in [0.717, 1.165) is 0 Å². The number of methoxy groups -OCH3 is 1. The number of halogens is 1. The Bertz CT molecular complexity index is 284. The lowest BCUT2D eigenvalue weighted by Crippen LogP contribution is -2.27. The molecule has 0 aliphatic rings. The number of hydrogen-bond donors (Lipinski definition) is 1. The molecule has 72 valence electrons. The molecule has 0 radical (unpaired) electrons. The van der Waals surface area contributed by atoms with E-state index >= 15 is 0 Å². The average molecular weight is 184 g/mol. The van der Waals surface area contributed by atoms with Crippen molar-refractivity contribution >= 4 is 0 Å². The number of ether oxygens (including phenoxy) is 1. The van der Waals surface area contributed by atoms with E-state index in [2.05, 4.69) is 0 Å². The van der Waals surface area contributed by atoms with Crippen molar-refractivity contribution in [1.82, 2.24) is 0 Å². The fourth-order valence-electron chi connectivity index (χ4n) is 1.19. The van der Waals surface area contributed by atoms with Crippen molar-refractivity contribution in [3.63, 3.8) is 0 Å². The van der Waals surface area contributed by atoms with E-state index in [9.17, 15) is 9.50 Å². The van der Waals surface area contributed by atoms with E-state index in [1.165, 1.54) is 19.2 Å². The molecule has 0 spiro atoms. The zero-order valence-electron chi connectivity index (χ0n) is 7.75. The third-order valence-corrected chi connectivity index (χ3v) is 1.87. The first-order valence-corrected chi connectivity index (χ1v) is 4.03. The summed E-state index contributed by atoms with van der Waals surface area (Å²) in [6.45, 7) is 1.74. The zero-order valence-corrected chi connectivity index (χ0v) is 7.75. The van der Waals surface area contributed by atoms with Gasteiger partial charge in [0.05, 0.1) is 6.61 Å². The Kier molecular flexibility index (Phi) is 3.01. The van der Waals surface area contributed by atoms with Gasteiger partial charge in [-0.15, -0.1) is 0 Å². The number of hydrogen-bond acceptors (Lipinski definition) is 2. The predicted octanol–water partition coefficient (Wildman–Crippen LogP) is 1.68. The molecular formula is C10H13FO2. The van der Waals surface area contributed by atoms with Crippen LogP contribution >= 0.6 is 0 Å². The van der Waals surface area contributed by atoms with Gasteiger partial charge in [0, 0.05) is 7.11 Å². The Labute approximate surface area is 77.0 Å². The van der Waals surface area contributed by atoms with E-state index < -0.39 is 5.60 Å². The van der Waals surface area contributed by atoms with E-state index in [4.69, 9.17) is 4.74 Å². The van der Waals surface area contributed by atoms with Gasteiger partial charge >= 0.3 is 0 Å². The molecule has 1 aromatic carbocycles. The topological polar surface area (TPSA) is 29.5 Å². The summed E-state index contributed by atoms with van der Waals surface area (Å²) >= 11 is 0. The van der Waals surface area contributed by atoms with Gasteiger partial charge in [-0.2, -0.15) is 0 Å². The van der Waals surface area contributed by atoms with Gasteiger partial charge in [-0.25, -0.2) is 4.39 Å². The van der Waals surface area contributed by atoms with Gasteiger partial charge in [0.25, 0.3) is 0 Å². The summed E-state index contributed by atoms with van der Waals surface area (Å²) in [7, 11) is 1.49. The van der Waals surface area contributed by atoms with Crippen LogP contribution in [-0.4, -0.2) is 18.8 Å². The molecular weight excluding hydrogens is 171 g/mol. The van der Waals surface area contributed by atoms with Gasteiger partial charge in [-0.05, 0) is 24.6 Å². The van der Waals surface area contributed by atoms with E-state index in [1.54, 1.807) is 19.1 Å². The Morgan fingerprint density at radius 2 is 2.23 bits per heavy atom. The molecule has 0 saturated carbocycles. The second-order valence-corrected chi connectivity index (χ2v) is 3.22. The minimum absolute atomic E-state index is 0.149. The molecule has 1 atom stereocenters. The molecule has 0 heterocycles. The quantitative estimate of drug-likeness (QED) is 0.774. The van der Waals surface area contributed by atoms with Crippen molar-refractivity contribution in [2.24, 2.45) is 0 Å². The first-order chi connectivity index (χ1) is 6.06. The summed E-state index contributed by atoms with van der Waals surface area (Å²) in [5.41, 5.74) is -0.606. The van der Waals surface area contributed by atoms with Gasteiger partial charge < -0.3 is 9.84 Å². The lowest BCUT2D eigenvalue weighted by molar-refractivity contribution is -0.0210. The molecule has 0 aliphatic heterocycles. The van der Waals surface area contributed by atoms with Gasteiger partial charge in [0.2, 0.25) is 0 Å². The minimum atomic E-state index is -1.13. The minimum Gasteiger partial charge on any atom is -0.383 e. The summed E-state index contributed by atoms with van der Waals surface area (Å²) in [5, 5.41) is 9.82. The molecule has 0 aliphatic carbocycles. The highest BCUT2D eigenvalue weighted by molar-refractivity contribution is 5.22. The highest BCUT2D eigenvalue weighted by atomic mass is 19.1. The van der Waals surface area contributed by atoms with Crippen LogP contribution in [0.25, 0.3) is 0 Å². The van der Waals surface area contributed by atoms with Crippen LogP contribution in [0.4, 0.5) is 4.39 Å². The number of aliphatic hydroxyl groups is 1. The molecule has 1 rings (SSSR count). The maximum atomic E-state index is 12.8. The third kappa shape index (κ3) is 2.50. The molecule has 1 aromatic rings. The van der Waals surface area contributed by atoms with Crippen molar-refractivity contribution in [3.05, 3.63) is 35.6 Å². The van der Waals surface area contributed by atoms with Crippen molar-refractivity contribution < 1.29 is 14.2 Å². The lowest BCUT2D eigenvalue weighted by Gasteiger charge is -2.22. The van der Waals surface area contributed by atoms with Crippen LogP contribution in [0.1, 0.15) is 12.5 Å². The van der Waals surface area contributed by atoms with E-state index in [0.29, 0.717) is 5.56 Å². The normalized spacial score (nSPS) is 15.4. The van der Waals surface area contributed by atoms with E-state index in [1.807, 2.05) is 0 Å². The first-order valence-electron chi connectivity index (χ1n) is 4.03. The smallest absolute Gasteiger partial charge is 0.123 e. The Hall–Kier alpha value is -0.930. The Morgan fingerprint density at radius 1 is 1.54 bits per heavy atom. The van der Waals surface area contributed by atoms with E-state index in [-0.39, 0.29) is 12.4 Å². The Balaban J connectivity index is 2.93. The number of benzene rings is 1. The molecule has 0 saturated heterocycles. The van der Waals surface area contributed by atoms with Crippen LogP contribution in [-0.2, 0) is 10.3 Å². The van der Waals surface area contributed by atoms with Gasteiger partial charge in [-0.3, -0.25) is 0 Å². The fraction of sp³-hybridized carbons (Fsp3) is 0.400. The summed E-state index contributed by atoms with van der Waals surface area (Å²) in [6.07, 6.45) is 0. The molecule has 3 heteroatoms. The largest absolute Gasteiger partial charge is 0.383 e. The summed E-state index contributed by atoms with van der Waals surface area (Å²) < 4.78 is 17.6. The van der Waals surface area contributed by atoms with Crippen LogP contribution in [0.2, 0.25) is 0 Å². The molecule has 1 N–H and O–H groups in total. The molecule has 2 nitrogen and oxygen atoms in total. The maximum Gasteiger partial charge on any atom is 0.123 e. The number of rotatable bonds is 3. The molecule has 0 aromatic heterocycles. The highest BCUT2D eigenvalue weighted by Crippen LogP contribution is 2.20. The SMILES string of the molecule is COCC(C)(O)c1cccc(F)c1. The Morgan fingerprint density at radius 3 is 2.77 bits per heavy atom. The zero-order chi connectivity index (χ0) is 9.90. The van der Waals surface area contributed by atoms with Gasteiger partial charge in [0.1, 0.15) is 11.4 Å². The summed E-state index contributed by atoms with van der Waals surface area (Å²) in [4.78, 5) is 0. The van der Waals surface area contributed by atoms with Gasteiger partial charge in [-0.1, -0.05) is 12.1 Å². The van der Waals surface area contributed by atoms with Crippen LogP contribution in [0.5, 0.6) is 0 Å². The van der Waals surface area contributed by atoms with Crippen LogP contribution in [0.3, 0.4) is 0 Å². The van der Waals surface area contributed by atoms with Crippen LogP contribution < -0.4 is 0 Å². The average Bonchev–Trinajstić information content (AvgIpc) is 2.04. The fourth-order valence-corrected chi connectivity index (χ4v) is 1.19. The molecule has 0 fully saturated rings. The molecule has 0 bridgehead atoms. The first kappa shape index (κ1) is 10.2. The highest BCUT2D eigenvalue weighted by Gasteiger charge is 2.22. The second kappa shape index (κ2) is 3.85. The summed E-state index contributed by atoms with van der Waals surface area (Å²) in [6, 6.07) is 5.88. The van der Waals surface area contributed by atoms with Crippen molar-refractivity contribution in [2.75, 3.05) is 13.7 Å². The van der Waals surface area contributed by atoms with Crippen molar-refractivity contribution in [1.29, 1.82) is 0 Å². The van der Waals surface area contributed by atoms with Crippen molar-refractivity contribution in [3.8, 4) is 0 Å². The second-order valence-electron chi connectivity index (χ2n) is 3.22. The van der Waals surface area contributed by atoms with Crippen LogP contribution in [0.15, 0.2) is 24.3 Å². The predicted molar refractivity (Wildman–Crippen MR) is 47.8 cm³/mol. The molecule has 13 heavy (non-hydrogen) atoms. The monoisotopic (exact) mass is 184 g/mol. The maximum absolute atomic E-state index is 12.8.